The van der Waals surface area contributed by atoms with Crippen molar-refractivity contribution in [3.8, 4) is 0 Å². The summed E-state index contributed by atoms with van der Waals surface area (Å²) >= 11 is 0. The number of methoxy groups -OCH3 is 1. The highest BCUT2D eigenvalue weighted by atomic mass is 16.9. The predicted octanol–water partition coefficient (Wildman–Crippen LogP) is 1.54. The van der Waals surface area contributed by atoms with Gasteiger partial charge in [-0.1, -0.05) is 24.3 Å². The van der Waals surface area contributed by atoms with Crippen LogP contribution in [0.1, 0.15) is 11.1 Å². The average molecular weight is 197 g/mol. The Hall–Kier alpha value is -1.62. The first-order chi connectivity index (χ1) is 6.72. The third-order valence-corrected chi connectivity index (χ3v) is 1.67. The molecule has 0 fully saturated rings. The average Bonchev–Trinajstić information content (AvgIpc) is 2.17. The molecule has 1 aromatic rings. The lowest BCUT2D eigenvalue weighted by Gasteiger charge is -2.02. The van der Waals surface area contributed by atoms with Crippen LogP contribution < -0.4 is 0 Å². The molecule has 0 saturated carbocycles. The Labute approximate surface area is 81.4 Å². The van der Waals surface area contributed by atoms with Gasteiger partial charge < -0.3 is 9.57 Å². The number of nitrogens with zero attached hydrogens (tertiary/aromatic N) is 1. The van der Waals surface area contributed by atoms with Crippen molar-refractivity contribution < 1.29 is 14.7 Å². The Morgan fingerprint density at radius 3 is 2.14 bits per heavy atom. The summed E-state index contributed by atoms with van der Waals surface area (Å²) in [5.74, 6) is 0. The highest BCUT2D eigenvalue weighted by molar-refractivity contribution is 5.21. The summed E-state index contributed by atoms with van der Waals surface area (Å²) in [6, 6.07) is 7.25. The number of hydrogen-bond donors (Lipinski definition) is 0. The molecule has 0 unspecified atom stereocenters. The minimum absolute atomic E-state index is 0.0136. The van der Waals surface area contributed by atoms with Gasteiger partial charge in [0.05, 0.1) is 6.61 Å². The van der Waals surface area contributed by atoms with Crippen molar-refractivity contribution in [2.45, 2.75) is 13.2 Å². The lowest BCUT2D eigenvalue weighted by molar-refractivity contribution is -0.763. The lowest BCUT2D eigenvalue weighted by atomic mass is 10.1. The van der Waals surface area contributed by atoms with E-state index >= 15 is 0 Å². The molecular formula is C9H11NO4. The van der Waals surface area contributed by atoms with E-state index in [0.29, 0.717) is 6.61 Å². The highest BCUT2D eigenvalue weighted by Crippen LogP contribution is 2.06. The van der Waals surface area contributed by atoms with Gasteiger partial charge in [-0.2, -0.15) is 0 Å². The molecule has 0 radical (unpaired) electrons. The van der Waals surface area contributed by atoms with Gasteiger partial charge in [0.1, 0.15) is 6.61 Å². The number of hydrogen-bond acceptors (Lipinski definition) is 4. The van der Waals surface area contributed by atoms with Crippen molar-refractivity contribution in [2.75, 3.05) is 7.11 Å². The molecule has 0 amide bonds. The Balaban J connectivity index is 2.50. The summed E-state index contributed by atoms with van der Waals surface area (Å²) in [5, 5.41) is 9.10. The number of ether oxygens (including phenoxy) is 1. The molecule has 0 N–H and O–H groups in total. The van der Waals surface area contributed by atoms with E-state index in [4.69, 9.17) is 4.74 Å². The van der Waals surface area contributed by atoms with Crippen molar-refractivity contribution >= 4 is 0 Å². The fourth-order valence-corrected chi connectivity index (χ4v) is 1.03. The van der Waals surface area contributed by atoms with Gasteiger partial charge in [-0.3, -0.25) is 0 Å². The summed E-state index contributed by atoms with van der Waals surface area (Å²) < 4.78 is 4.93. The maximum absolute atomic E-state index is 9.91. The van der Waals surface area contributed by atoms with Crippen LogP contribution in [0.15, 0.2) is 24.3 Å². The molecule has 0 aliphatic heterocycles. The smallest absolute Gasteiger partial charge is 0.294 e. The first-order valence-electron chi connectivity index (χ1n) is 4.06. The fourth-order valence-electron chi connectivity index (χ4n) is 1.03. The molecule has 0 spiro atoms. The van der Waals surface area contributed by atoms with Crippen LogP contribution in [0.2, 0.25) is 0 Å². The molecule has 1 aromatic carbocycles. The van der Waals surface area contributed by atoms with Crippen LogP contribution >= 0.6 is 0 Å². The monoisotopic (exact) mass is 197 g/mol. The van der Waals surface area contributed by atoms with Crippen LogP contribution in [-0.4, -0.2) is 12.2 Å². The Morgan fingerprint density at radius 2 is 1.71 bits per heavy atom. The van der Waals surface area contributed by atoms with Gasteiger partial charge in [-0.25, -0.2) is 0 Å². The third kappa shape index (κ3) is 3.40. The van der Waals surface area contributed by atoms with Gasteiger partial charge in [0.25, 0.3) is 5.09 Å². The Morgan fingerprint density at radius 1 is 1.21 bits per heavy atom. The van der Waals surface area contributed by atoms with Crippen molar-refractivity contribution in [1.29, 1.82) is 0 Å². The van der Waals surface area contributed by atoms with E-state index in [9.17, 15) is 10.1 Å². The fraction of sp³-hybridized carbons (Fsp3) is 0.333. The van der Waals surface area contributed by atoms with E-state index in [0.717, 1.165) is 11.1 Å². The molecule has 0 atom stereocenters. The molecule has 0 saturated heterocycles. The second-order valence-electron chi connectivity index (χ2n) is 2.75. The van der Waals surface area contributed by atoms with Crippen LogP contribution in [0, 0.1) is 10.1 Å². The zero-order chi connectivity index (χ0) is 10.4. The van der Waals surface area contributed by atoms with Gasteiger partial charge in [-0.15, -0.1) is 10.1 Å². The number of benzene rings is 1. The van der Waals surface area contributed by atoms with E-state index in [1.54, 1.807) is 19.2 Å². The van der Waals surface area contributed by atoms with Gasteiger partial charge in [-0.05, 0) is 11.1 Å². The molecule has 5 nitrogen and oxygen atoms in total. The standard InChI is InChI=1S/C9H11NO4/c1-13-6-8-2-4-9(5-3-8)7-14-10(11)12/h2-5H,6-7H2,1H3. The second-order valence-corrected chi connectivity index (χ2v) is 2.75. The van der Waals surface area contributed by atoms with Crippen LogP contribution in [0.25, 0.3) is 0 Å². The summed E-state index contributed by atoms with van der Waals surface area (Å²) in [6.45, 7) is 0.524. The van der Waals surface area contributed by atoms with Crippen molar-refractivity contribution in [3.05, 3.63) is 45.5 Å². The number of rotatable bonds is 5. The zero-order valence-electron chi connectivity index (χ0n) is 7.80. The third-order valence-electron chi connectivity index (χ3n) is 1.67. The second kappa shape index (κ2) is 5.18. The zero-order valence-corrected chi connectivity index (χ0v) is 7.80. The molecule has 0 bridgehead atoms. The quantitative estimate of drug-likeness (QED) is 0.530. The highest BCUT2D eigenvalue weighted by Gasteiger charge is 1.97. The Kier molecular flexibility index (Phi) is 3.87. The molecule has 0 aromatic heterocycles. The van der Waals surface area contributed by atoms with Crippen LogP contribution in [-0.2, 0) is 22.8 Å². The molecule has 5 heteroatoms. The van der Waals surface area contributed by atoms with E-state index in [1.807, 2.05) is 12.1 Å². The first-order valence-corrected chi connectivity index (χ1v) is 4.06. The predicted molar refractivity (Wildman–Crippen MR) is 48.9 cm³/mol. The maximum atomic E-state index is 9.91. The van der Waals surface area contributed by atoms with E-state index in [-0.39, 0.29) is 6.61 Å². The summed E-state index contributed by atoms with van der Waals surface area (Å²) in [4.78, 5) is 14.1. The molecule has 0 aliphatic carbocycles. The van der Waals surface area contributed by atoms with Crippen LogP contribution in [0.5, 0.6) is 0 Å². The van der Waals surface area contributed by atoms with Gasteiger partial charge >= 0.3 is 0 Å². The largest absolute Gasteiger partial charge is 0.380 e. The summed E-state index contributed by atoms with van der Waals surface area (Å²) in [5.41, 5.74) is 1.79. The SMILES string of the molecule is COCc1ccc(CO[N+](=O)[O-])cc1. The van der Waals surface area contributed by atoms with E-state index in [1.165, 1.54) is 0 Å². The van der Waals surface area contributed by atoms with Crippen molar-refractivity contribution in [2.24, 2.45) is 0 Å². The normalized spacial score (nSPS) is 9.79. The summed E-state index contributed by atoms with van der Waals surface area (Å²) in [6.07, 6.45) is 0. The summed E-state index contributed by atoms with van der Waals surface area (Å²) in [7, 11) is 1.61. The van der Waals surface area contributed by atoms with E-state index < -0.39 is 5.09 Å². The molecule has 0 heterocycles. The molecular weight excluding hydrogens is 186 g/mol. The molecule has 76 valence electrons. The molecule has 0 aliphatic rings. The van der Waals surface area contributed by atoms with E-state index in [2.05, 4.69) is 4.84 Å². The van der Waals surface area contributed by atoms with Gasteiger partial charge in [0.15, 0.2) is 0 Å². The van der Waals surface area contributed by atoms with Crippen molar-refractivity contribution in [3.63, 3.8) is 0 Å². The van der Waals surface area contributed by atoms with Crippen molar-refractivity contribution in [1.82, 2.24) is 0 Å². The Bertz CT molecular complexity index is 296. The molecule has 14 heavy (non-hydrogen) atoms. The maximum Gasteiger partial charge on any atom is 0.294 e. The minimum atomic E-state index is -0.803. The van der Waals surface area contributed by atoms with Crippen LogP contribution in [0.3, 0.4) is 0 Å². The molecule has 1 rings (SSSR count). The lowest BCUT2D eigenvalue weighted by Crippen LogP contribution is -2.00. The van der Waals surface area contributed by atoms with Crippen LogP contribution in [0.4, 0.5) is 0 Å². The topological polar surface area (TPSA) is 61.6 Å². The first kappa shape index (κ1) is 10.5. The van der Waals surface area contributed by atoms with Gasteiger partial charge in [0, 0.05) is 7.11 Å². The van der Waals surface area contributed by atoms with Gasteiger partial charge in [0.2, 0.25) is 0 Å². The minimum Gasteiger partial charge on any atom is -0.380 e.